The maximum atomic E-state index is 6.58. The SMILES string of the molecule is c1ccc(C2N=C(c3ccc4c5ccccc5c5ccccc5c4c3)N=C(c3cc4c5ccccc5oc4c4c3sc3ccccc34)N2)cc1. The van der Waals surface area contributed by atoms with Crippen molar-refractivity contribution in [2.75, 3.05) is 0 Å². The third kappa shape index (κ3) is 4.04. The lowest BCUT2D eigenvalue weighted by Gasteiger charge is -2.24. The average Bonchev–Trinajstić information content (AvgIpc) is 3.76. The summed E-state index contributed by atoms with van der Waals surface area (Å²) >= 11 is 1.78. The summed E-state index contributed by atoms with van der Waals surface area (Å²) in [5.41, 5.74) is 4.92. The summed E-state index contributed by atoms with van der Waals surface area (Å²) in [6.07, 6.45) is -0.316. The maximum absolute atomic E-state index is 6.58. The third-order valence-corrected chi connectivity index (χ3v) is 11.3. The minimum Gasteiger partial charge on any atom is -0.455 e. The van der Waals surface area contributed by atoms with Crippen LogP contribution in [0.4, 0.5) is 0 Å². The summed E-state index contributed by atoms with van der Waals surface area (Å²) in [4.78, 5) is 10.6. The molecule has 0 radical (unpaired) electrons. The molecule has 1 N–H and O–H groups in total. The number of nitrogens with zero attached hydrogens (tertiary/aromatic N) is 2. The molecule has 0 aliphatic carbocycles. The fourth-order valence-electron chi connectivity index (χ4n) is 7.81. The molecular weight excluding hydrogens is 631 g/mol. The van der Waals surface area contributed by atoms with Crippen molar-refractivity contribution in [1.82, 2.24) is 5.32 Å². The molecule has 234 valence electrons. The Kier molecular flexibility index (Phi) is 5.86. The van der Waals surface area contributed by atoms with Crippen molar-refractivity contribution in [2.24, 2.45) is 9.98 Å². The number of thiophene rings is 1. The minimum atomic E-state index is -0.316. The van der Waals surface area contributed by atoms with Crippen LogP contribution >= 0.6 is 11.3 Å². The van der Waals surface area contributed by atoms with E-state index in [0.29, 0.717) is 5.84 Å². The van der Waals surface area contributed by atoms with Gasteiger partial charge in [0.05, 0.1) is 4.70 Å². The molecule has 1 atom stereocenters. The molecule has 1 unspecified atom stereocenters. The van der Waals surface area contributed by atoms with Crippen LogP contribution in [0, 0.1) is 0 Å². The fraction of sp³-hybridized carbons (Fsp3) is 0.0222. The summed E-state index contributed by atoms with van der Waals surface area (Å²) in [5, 5.41) is 15.7. The van der Waals surface area contributed by atoms with E-state index in [1.165, 1.54) is 42.4 Å². The van der Waals surface area contributed by atoms with Gasteiger partial charge < -0.3 is 9.73 Å². The molecule has 0 bridgehead atoms. The van der Waals surface area contributed by atoms with Crippen molar-refractivity contribution in [3.63, 3.8) is 0 Å². The van der Waals surface area contributed by atoms with E-state index in [4.69, 9.17) is 14.4 Å². The molecule has 1 aliphatic rings. The van der Waals surface area contributed by atoms with Gasteiger partial charge in [0.2, 0.25) is 0 Å². The second-order valence-corrected chi connectivity index (χ2v) is 14.0. The zero-order valence-electron chi connectivity index (χ0n) is 26.7. The van der Waals surface area contributed by atoms with Gasteiger partial charge in [0.25, 0.3) is 0 Å². The van der Waals surface area contributed by atoms with E-state index in [1.54, 1.807) is 11.3 Å². The highest BCUT2D eigenvalue weighted by molar-refractivity contribution is 7.26. The number of aliphatic imine (C=N–C) groups is 2. The smallest absolute Gasteiger partial charge is 0.159 e. The number of fused-ring (bicyclic) bond motifs is 13. The monoisotopic (exact) mass is 657 g/mol. The molecule has 11 rings (SSSR count). The van der Waals surface area contributed by atoms with Gasteiger partial charge in [-0.25, -0.2) is 9.98 Å². The van der Waals surface area contributed by atoms with Gasteiger partial charge in [0.15, 0.2) is 5.84 Å². The molecule has 3 heterocycles. The van der Waals surface area contributed by atoms with Crippen LogP contribution in [0.2, 0.25) is 0 Å². The lowest BCUT2D eigenvalue weighted by atomic mass is 9.93. The first-order valence-electron chi connectivity index (χ1n) is 16.9. The van der Waals surface area contributed by atoms with Crippen LogP contribution in [0.25, 0.3) is 74.4 Å². The van der Waals surface area contributed by atoms with E-state index in [9.17, 15) is 0 Å². The number of amidine groups is 2. The average molecular weight is 658 g/mol. The summed E-state index contributed by atoms with van der Waals surface area (Å²) in [5.74, 6) is 1.51. The molecule has 0 saturated heterocycles. The van der Waals surface area contributed by atoms with E-state index in [1.807, 2.05) is 12.1 Å². The zero-order chi connectivity index (χ0) is 32.8. The highest BCUT2D eigenvalue weighted by Gasteiger charge is 2.26. The van der Waals surface area contributed by atoms with Gasteiger partial charge in [-0.05, 0) is 62.1 Å². The number of hydrogen-bond donors (Lipinski definition) is 1. The number of para-hydroxylation sites is 1. The van der Waals surface area contributed by atoms with Crippen LogP contribution in [0.5, 0.6) is 0 Å². The van der Waals surface area contributed by atoms with Gasteiger partial charge in [-0.15, -0.1) is 11.3 Å². The summed E-state index contributed by atoms with van der Waals surface area (Å²) in [6.45, 7) is 0. The molecule has 5 heteroatoms. The first-order valence-corrected chi connectivity index (χ1v) is 17.7. The Labute approximate surface area is 290 Å². The molecular formula is C45H27N3OS. The van der Waals surface area contributed by atoms with E-state index in [2.05, 4.69) is 145 Å². The van der Waals surface area contributed by atoms with Crippen molar-refractivity contribution < 1.29 is 4.42 Å². The molecule has 0 amide bonds. The second kappa shape index (κ2) is 10.6. The Morgan fingerprint density at radius 3 is 1.92 bits per heavy atom. The Balaban J connectivity index is 1.19. The van der Waals surface area contributed by atoms with Crippen molar-refractivity contribution in [1.29, 1.82) is 0 Å². The number of furan rings is 1. The van der Waals surface area contributed by atoms with Gasteiger partial charge in [0.1, 0.15) is 23.2 Å². The standard InChI is InChI=1S/C45H27N3OS/c1-2-12-26(13-3-1)43-46-44(27-22-23-32-30-16-5-4-14-28(30)29-15-6-7-17-31(29)35(32)24-27)48-45(47-43)37-25-36-33-18-8-10-20-38(33)49-41(36)40-34-19-9-11-21-39(34)50-42(37)40/h1-25,43H,(H,46,47,48). The molecule has 0 spiro atoms. The molecule has 4 nitrogen and oxygen atoms in total. The Morgan fingerprint density at radius 1 is 0.540 bits per heavy atom. The van der Waals surface area contributed by atoms with Crippen LogP contribution < -0.4 is 5.32 Å². The van der Waals surface area contributed by atoms with Crippen molar-refractivity contribution in [3.8, 4) is 0 Å². The van der Waals surface area contributed by atoms with Gasteiger partial charge in [-0.2, -0.15) is 0 Å². The predicted octanol–water partition coefficient (Wildman–Crippen LogP) is 11.9. The number of benzene rings is 8. The predicted molar refractivity (Wildman–Crippen MR) is 211 cm³/mol. The Morgan fingerprint density at radius 2 is 1.16 bits per heavy atom. The molecule has 2 aromatic heterocycles. The van der Waals surface area contributed by atoms with E-state index < -0.39 is 0 Å². The topological polar surface area (TPSA) is 49.9 Å². The zero-order valence-corrected chi connectivity index (χ0v) is 27.5. The molecule has 1 aliphatic heterocycles. The lowest BCUT2D eigenvalue weighted by Crippen LogP contribution is -2.33. The first kappa shape index (κ1) is 27.6. The van der Waals surface area contributed by atoms with Crippen molar-refractivity contribution in [2.45, 2.75) is 6.17 Å². The maximum Gasteiger partial charge on any atom is 0.159 e. The van der Waals surface area contributed by atoms with Crippen LogP contribution in [0.15, 0.2) is 166 Å². The van der Waals surface area contributed by atoms with Gasteiger partial charge >= 0.3 is 0 Å². The van der Waals surface area contributed by atoms with Crippen LogP contribution in [0.3, 0.4) is 0 Å². The summed E-state index contributed by atoms with van der Waals surface area (Å²) in [7, 11) is 0. The van der Waals surface area contributed by atoms with Crippen LogP contribution in [-0.4, -0.2) is 11.7 Å². The van der Waals surface area contributed by atoms with E-state index >= 15 is 0 Å². The summed E-state index contributed by atoms with van der Waals surface area (Å²) < 4.78 is 8.95. The largest absolute Gasteiger partial charge is 0.455 e. The molecule has 10 aromatic rings. The quantitative estimate of drug-likeness (QED) is 0.192. The van der Waals surface area contributed by atoms with Gasteiger partial charge in [-0.3, -0.25) is 0 Å². The van der Waals surface area contributed by atoms with Crippen molar-refractivity contribution in [3.05, 3.63) is 168 Å². The Hall–Kier alpha value is -6.30. The first-order chi connectivity index (χ1) is 24.8. The summed E-state index contributed by atoms with van der Waals surface area (Å²) in [6, 6.07) is 53.7. The number of nitrogens with one attached hydrogen (secondary N) is 1. The fourth-order valence-corrected chi connectivity index (χ4v) is 9.03. The van der Waals surface area contributed by atoms with Gasteiger partial charge in [0, 0.05) is 37.4 Å². The second-order valence-electron chi connectivity index (χ2n) is 12.9. The number of rotatable bonds is 3. The normalized spacial score (nSPS) is 15.0. The number of hydrogen-bond acceptors (Lipinski definition) is 5. The molecule has 0 saturated carbocycles. The highest BCUT2D eigenvalue weighted by Crippen LogP contribution is 2.44. The third-order valence-electron chi connectivity index (χ3n) is 10.1. The minimum absolute atomic E-state index is 0.316. The Bertz CT molecular complexity index is 3040. The van der Waals surface area contributed by atoms with E-state index in [-0.39, 0.29) is 6.17 Å². The van der Waals surface area contributed by atoms with E-state index in [0.717, 1.165) is 54.6 Å². The van der Waals surface area contributed by atoms with Crippen molar-refractivity contribution >= 4 is 97.4 Å². The van der Waals surface area contributed by atoms with Gasteiger partial charge in [-0.1, -0.05) is 127 Å². The lowest BCUT2D eigenvalue weighted by molar-refractivity contribution is 0.672. The van der Waals surface area contributed by atoms with Crippen LogP contribution in [-0.2, 0) is 0 Å². The molecule has 50 heavy (non-hydrogen) atoms. The van der Waals surface area contributed by atoms with Crippen LogP contribution in [0.1, 0.15) is 22.9 Å². The highest BCUT2D eigenvalue weighted by atomic mass is 32.1. The molecule has 8 aromatic carbocycles. The molecule has 0 fully saturated rings.